The lowest BCUT2D eigenvalue weighted by molar-refractivity contribution is 0.463. The van der Waals surface area contributed by atoms with Crippen LogP contribution in [0.1, 0.15) is 32.6 Å². The van der Waals surface area contributed by atoms with Crippen LogP contribution >= 0.6 is 7.37 Å². The van der Waals surface area contributed by atoms with Crippen molar-refractivity contribution >= 4 is 7.37 Å². The van der Waals surface area contributed by atoms with Gasteiger partial charge in [-0.15, -0.1) is 0 Å². The quantitative estimate of drug-likeness (QED) is 0.632. The predicted octanol–water partition coefficient (Wildman–Crippen LogP) is 2.22. The van der Waals surface area contributed by atoms with Crippen LogP contribution in [0, 0.1) is 0 Å². The highest BCUT2D eigenvalue weighted by molar-refractivity contribution is 7.58. The van der Waals surface area contributed by atoms with Gasteiger partial charge >= 0.3 is 0 Å². The lowest BCUT2D eigenvalue weighted by Crippen LogP contribution is -2.03. The Bertz CT molecular complexity index is 150. The maximum Gasteiger partial charge on any atom is 0.203 e. The summed E-state index contributed by atoms with van der Waals surface area (Å²) in [5.41, 5.74) is 0.137. The Hall–Kier alpha value is 0.190. The molecule has 1 N–H and O–H groups in total. The number of rotatable bonds is 2. The summed E-state index contributed by atoms with van der Waals surface area (Å²) in [4.78, 5) is 9.38. The topological polar surface area (TPSA) is 37.3 Å². The van der Waals surface area contributed by atoms with E-state index in [9.17, 15) is 9.46 Å². The van der Waals surface area contributed by atoms with E-state index in [0.29, 0.717) is 6.16 Å². The fraction of sp³-hybridized carbons (Fsp3) is 1.00. The van der Waals surface area contributed by atoms with Crippen LogP contribution in [-0.4, -0.2) is 16.7 Å². The van der Waals surface area contributed by atoms with Crippen LogP contribution in [-0.2, 0) is 4.57 Å². The van der Waals surface area contributed by atoms with E-state index in [4.69, 9.17) is 0 Å². The summed E-state index contributed by atoms with van der Waals surface area (Å²) in [6.45, 7) is 1.80. The Morgan fingerprint density at radius 2 is 2.00 bits per heavy atom. The second-order valence-corrected chi connectivity index (χ2v) is 5.88. The first-order chi connectivity index (χ1) is 4.67. The minimum atomic E-state index is -2.72. The van der Waals surface area contributed by atoms with E-state index >= 15 is 0 Å². The molecule has 3 heteroatoms. The van der Waals surface area contributed by atoms with Gasteiger partial charge in [-0.25, -0.2) is 0 Å². The van der Waals surface area contributed by atoms with Gasteiger partial charge in [0, 0.05) is 11.8 Å². The summed E-state index contributed by atoms with van der Waals surface area (Å²) >= 11 is 0. The Balaban J connectivity index is 2.54. The Morgan fingerprint density at radius 3 is 2.40 bits per heavy atom. The summed E-state index contributed by atoms with van der Waals surface area (Å²) in [6, 6.07) is 0. The van der Waals surface area contributed by atoms with Crippen LogP contribution in [0.15, 0.2) is 0 Å². The van der Waals surface area contributed by atoms with Crippen LogP contribution in [0.4, 0.5) is 0 Å². The molecule has 0 heterocycles. The zero-order valence-corrected chi connectivity index (χ0v) is 7.31. The fourth-order valence-corrected chi connectivity index (χ4v) is 3.25. The van der Waals surface area contributed by atoms with E-state index < -0.39 is 7.37 Å². The molecule has 0 saturated heterocycles. The van der Waals surface area contributed by atoms with Gasteiger partial charge in [0.25, 0.3) is 0 Å². The highest BCUT2D eigenvalue weighted by atomic mass is 31.2. The largest absolute Gasteiger partial charge is 0.344 e. The van der Waals surface area contributed by atoms with Gasteiger partial charge in [0.05, 0.1) is 0 Å². The van der Waals surface area contributed by atoms with Gasteiger partial charge < -0.3 is 4.89 Å². The van der Waals surface area contributed by atoms with E-state index in [1.807, 2.05) is 0 Å². The zero-order valence-electron chi connectivity index (χ0n) is 6.42. The molecule has 0 aromatic carbocycles. The molecule has 10 heavy (non-hydrogen) atoms. The molecule has 2 nitrogen and oxygen atoms in total. The van der Waals surface area contributed by atoms with Crippen molar-refractivity contribution in [1.29, 1.82) is 0 Å². The highest BCUT2D eigenvalue weighted by Gasteiger charge is 2.30. The molecule has 0 radical (unpaired) electrons. The lowest BCUT2D eigenvalue weighted by Gasteiger charge is -2.15. The van der Waals surface area contributed by atoms with Crippen molar-refractivity contribution in [3.05, 3.63) is 0 Å². The van der Waals surface area contributed by atoms with Crippen LogP contribution in [0.25, 0.3) is 0 Å². The third-order valence-electron chi connectivity index (χ3n) is 2.35. The van der Waals surface area contributed by atoms with Gasteiger partial charge in [0.15, 0.2) is 0 Å². The molecule has 0 amide bonds. The Labute approximate surface area is 62.1 Å². The van der Waals surface area contributed by atoms with Crippen molar-refractivity contribution in [2.75, 3.05) is 6.16 Å². The van der Waals surface area contributed by atoms with Crippen molar-refractivity contribution < 1.29 is 9.46 Å². The third kappa shape index (κ3) is 1.62. The van der Waals surface area contributed by atoms with E-state index in [0.717, 1.165) is 25.7 Å². The van der Waals surface area contributed by atoms with Crippen molar-refractivity contribution in [1.82, 2.24) is 0 Å². The zero-order chi connectivity index (χ0) is 7.61. The van der Waals surface area contributed by atoms with Crippen LogP contribution in [0.5, 0.6) is 0 Å². The van der Waals surface area contributed by atoms with Gasteiger partial charge in [-0.2, -0.15) is 0 Å². The van der Waals surface area contributed by atoms with Crippen LogP contribution in [0.2, 0.25) is 0 Å². The van der Waals surface area contributed by atoms with Crippen molar-refractivity contribution in [3.8, 4) is 0 Å². The van der Waals surface area contributed by atoms with Gasteiger partial charge in [0.2, 0.25) is 7.37 Å². The second-order valence-electron chi connectivity index (χ2n) is 3.01. The summed E-state index contributed by atoms with van der Waals surface area (Å²) in [5.74, 6) is 0. The van der Waals surface area contributed by atoms with E-state index in [2.05, 4.69) is 0 Å². The first-order valence-corrected chi connectivity index (χ1v) is 5.89. The van der Waals surface area contributed by atoms with Crippen molar-refractivity contribution in [2.24, 2.45) is 0 Å². The minimum Gasteiger partial charge on any atom is -0.344 e. The Kier molecular flexibility index (Phi) is 2.54. The molecule has 1 fully saturated rings. The minimum absolute atomic E-state index is 0.137. The molecule has 0 aromatic rings. The molecule has 60 valence electrons. The predicted molar refractivity (Wildman–Crippen MR) is 42.6 cm³/mol. The fourth-order valence-electron chi connectivity index (χ4n) is 1.57. The van der Waals surface area contributed by atoms with Gasteiger partial charge in [-0.05, 0) is 12.8 Å². The molecule has 1 unspecified atom stereocenters. The standard InChI is InChI=1S/C7H15O2P/c1-2-10(8,9)7-5-3-4-6-7/h7H,2-6H2,1H3,(H,8,9). The summed E-state index contributed by atoms with van der Waals surface area (Å²) in [5, 5.41) is 0. The van der Waals surface area contributed by atoms with Crippen LogP contribution in [0.3, 0.4) is 0 Å². The summed E-state index contributed by atoms with van der Waals surface area (Å²) in [7, 11) is -2.72. The van der Waals surface area contributed by atoms with Gasteiger partial charge in [-0.3, -0.25) is 4.57 Å². The summed E-state index contributed by atoms with van der Waals surface area (Å²) in [6.07, 6.45) is 4.70. The molecule has 1 atom stereocenters. The molecule has 1 aliphatic carbocycles. The molecule has 0 aromatic heterocycles. The first-order valence-electron chi connectivity index (χ1n) is 3.98. The third-order valence-corrected chi connectivity index (χ3v) is 4.91. The normalized spacial score (nSPS) is 26.6. The molecule has 0 spiro atoms. The molecule has 0 bridgehead atoms. The van der Waals surface area contributed by atoms with Crippen LogP contribution < -0.4 is 0 Å². The smallest absolute Gasteiger partial charge is 0.203 e. The number of hydrogen-bond acceptors (Lipinski definition) is 1. The average Bonchev–Trinajstić information content (AvgIpc) is 2.38. The van der Waals surface area contributed by atoms with E-state index in [1.54, 1.807) is 6.92 Å². The lowest BCUT2D eigenvalue weighted by atomic mass is 10.4. The number of hydrogen-bond donors (Lipinski definition) is 1. The molecular weight excluding hydrogens is 147 g/mol. The summed E-state index contributed by atoms with van der Waals surface area (Å²) < 4.78 is 11.3. The van der Waals surface area contributed by atoms with Crippen molar-refractivity contribution in [2.45, 2.75) is 38.3 Å². The molecule has 1 saturated carbocycles. The monoisotopic (exact) mass is 162 g/mol. The maximum absolute atomic E-state index is 11.3. The molecular formula is C7H15O2P. The van der Waals surface area contributed by atoms with Gasteiger partial charge in [-0.1, -0.05) is 19.8 Å². The molecule has 1 rings (SSSR count). The van der Waals surface area contributed by atoms with E-state index in [1.165, 1.54) is 0 Å². The SMILES string of the molecule is CCP(=O)(O)C1CCCC1. The first kappa shape index (κ1) is 8.29. The van der Waals surface area contributed by atoms with Crippen molar-refractivity contribution in [3.63, 3.8) is 0 Å². The molecule has 1 aliphatic rings. The highest BCUT2D eigenvalue weighted by Crippen LogP contribution is 2.52. The van der Waals surface area contributed by atoms with E-state index in [-0.39, 0.29) is 5.66 Å². The second kappa shape index (κ2) is 3.06. The van der Waals surface area contributed by atoms with Gasteiger partial charge in [0.1, 0.15) is 0 Å². The maximum atomic E-state index is 11.3. The Morgan fingerprint density at radius 1 is 1.50 bits per heavy atom. The molecule has 0 aliphatic heterocycles. The average molecular weight is 162 g/mol.